The van der Waals surface area contributed by atoms with Crippen molar-refractivity contribution in [2.24, 2.45) is 0 Å². The van der Waals surface area contributed by atoms with Gasteiger partial charge in [-0.1, -0.05) is 48.3 Å². The summed E-state index contributed by atoms with van der Waals surface area (Å²) >= 11 is 0. The van der Waals surface area contributed by atoms with Crippen LogP contribution >= 0.6 is 0 Å². The van der Waals surface area contributed by atoms with Crippen molar-refractivity contribution in [1.29, 1.82) is 0 Å². The Balaban J connectivity index is 2.31. The molecule has 0 unspecified atom stereocenters. The average molecular weight is 273 g/mol. The van der Waals surface area contributed by atoms with Crippen LogP contribution in [0, 0.1) is 6.92 Å². The maximum Gasteiger partial charge on any atom is 0.0645 e. The van der Waals surface area contributed by atoms with Crippen LogP contribution in [-0.4, -0.2) is 0 Å². The van der Waals surface area contributed by atoms with Crippen molar-refractivity contribution in [1.82, 2.24) is 0 Å². The zero-order valence-electron chi connectivity index (χ0n) is 24.4. The first-order valence-corrected chi connectivity index (χ1v) is 5.92. The topological polar surface area (TPSA) is 3.24 Å². The van der Waals surface area contributed by atoms with Crippen molar-refractivity contribution in [2.75, 3.05) is 4.90 Å². The van der Waals surface area contributed by atoms with E-state index in [1.807, 2.05) is 0 Å². The maximum absolute atomic E-state index is 8.83. The Hall–Kier alpha value is -2.28. The third-order valence-corrected chi connectivity index (χ3v) is 3.03. The van der Waals surface area contributed by atoms with E-state index in [2.05, 4.69) is 0 Å². The predicted molar refractivity (Wildman–Crippen MR) is 85.0 cm³/mol. The lowest BCUT2D eigenvalue weighted by Crippen LogP contribution is -2.26. The molecule has 1 nitrogen and oxygen atoms in total. The quantitative estimate of drug-likeness (QED) is 0.623. The molecule has 0 amide bonds. The van der Waals surface area contributed by atoms with Crippen LogP contribution < -0.4 is 4.90 Å². The SMILES string of the molecule is [2H]c1c([2H])c([2H])c(N2C([2H])([2H])c3c([2H])c([2H])c([2H])c4c(C)c([2H])c([2H])c(c34)C2([2H])[2H])c([2H])c1[2H]. The lowest BCUT2D eigenvalue weighted by molar-refractivity contribution is 0.788. The van der Waals surface area contributed by atoms with Gasteiger partial charge in [-0.2, -0.15) is 0 Å². The van der Waals surface area contributed by atoms with Gasteiger partial charge in [0.2, 0.25) is 0 Å². The van der Waals surface area contributed by atoms with Crippen LogP contribution in [0.1, 0.15) is 35.9 Å². The monoisotopic (exact) mass is 273 g/mol. The second-order valence-electron chi connectivity index (χ2n) is 4.28. The van der Waals surface area contributed by atoms with Crippen LogP contribution in [0.5, 0.6) is 0 Å². The normalized spacial score (nSPS) is 28.8. The van der Waals surface area contributed by atoms with E-state index in [9.17, 15) is 0 Å². The molecule has 3 aromatic carbocycles. The molecule has 1 aliphatic rings. The Bertz CT molecular complexity index is 1330. The molecule has 0 saturated carbocycles. The molecule has 20 heavy (non-hydrogen) atoms. The Morgan fingerprint density at radius 1 is 0.900 bits per heavy atom. The molecule has 0 aliphatic carbocycles. The molecule has 0 aromatic heterocycles. The average Bonchev–Trinajstić information content (AvgIpc) is 2.74. The van der Waals surface area contributed by atoms with Crippen LogP contribution in [-0.2, 0) is 13.0 Å². The van der Waals surface area contributed by atoms with Gasteiger partial charge in [0.1, 0.15) is 0 Å². The molecule has 0 spiro atoms. The number of aryl methyl sites for hydroxylation is 1. The third-order valence-electron chi connectivity index (χ3n) is 3.03. The smallest absolute Gasteiger partial charge is 0.0645 e. The largest absolute Gasteiger partial charge is 0.363 e. The van der Waals surface area contributed by atoms with Gasteiger partial charge in [0.05, 0.1) is 19.2 Å². The van der Waals surface area contributed by atoms with Crippen LogP contribution in [0.4, 0.5) is 5.69 Å². The minimum atomic E-state index is -3.04. The molecule has 1 aliphatic heterocycles. The van der Waals surface area contributed by atoms with Gasteiger partial charge >= 0.3 is 0 Å². The van der Waals surface area contributed by atoms with Crippen molar-refractivity contribution < 1.29 is 19.2 Å². The fourth-order valence-electron chi connectivity index (χ4n) is 2.11. The molecular weight excluding hydrogens is 242 g/mol. The standard InChI is InChI=1S/C19H17N/c1-14-10-11-16-13-20(17-7-3-2-4-8-17)12-15-6-5-9-18(14)19(15)16/h2-11H,12-13H2,1H3/i2D,3D,4D,5D,6D,7D,8D,9D,10D,11D,12D2,13D2. The van der Waals surface area contributed by atoms with Crippen LogP contribution in [0.2, 0.25) is 0 Å². The van der Waals surface area contributed by atoms with E-state index in [-0.39, 0.29) is 21.2 Å². The zero-order valence-corrected chi connectivity index (χ0v) is 10.4. The first-order chi connectivity index (χ1) is 15.5. The molecule has 0 fully saturated rings. The number of nitrogens with zero attached hydrogens (tertiary/aromatic N) is 1. The highest BCUT2D eigenvalue weighted by atomic mass is 15.1. The van der Waals surface area contributed by atoms with Crippen molar-refractivity contribution in [3.63, 3.8) is 0 Å². The van der Waals surface area contributed by atoms with Gasteiger partial charge in [-0.15, -0.1) is 0 Å². The van der Waals surface area contributed by atoms with E-state index in [1.54, 1.807) is 0 Å². The van der Waals surface area contributed by atoms with Gasteiger partial charge in [-0.3, -0.25) is 0 Å². The minimum Gasteiger partial charge on any atom is -0.363 e. The van der Waals surface area contributed by atoms with E-state index in [4.69, 9.17) is 19.2 Å². The molecule has 1 heteroatoms. The summed E-state index contributed by atoms with van der Waals surface area (Å²) in [6.45, 7) is -4.69. The molecule has 3 aromatic rings. The van der Waals surface area contributed by atoms with Gasteiger partial charge in [0.15, 0.2) is 0 Å². The van der Waals surface area contributed by atoms with E-state index >= 15 is 0 Å². The highest BCUT2D eigenvalue weighted by molar-refractivity contribution is 5.92. The Morgan fingerprint density at radius 2 is 1.65 bits per heavy atom. The molecule has 1 heterocycles. The molecule has 0 atom stereocenters. The molecule has 0 radical (unpaired) electrons. The van der Waals surface area contributed by atoms with Crippen molar-refractivity contribution in [2.45, 2.75) is 19.9 Å². The highest BCUT2D eigenvalue weighted by Gasteiger charge is 2.19. The summed E-state index contributed by atoms with van der Waals surface area (Å²) in [4.78, 5) is 0.283. The summed E-state index contributed by atoms with van der Waals surface area (Å²) < 4.78 is 117. The van der Waals surface area contributed by atoms with E-state index in [0.717, 1.165) is 0 Å². The first kappa shape index (κ1) is 4.11. The number of rotatable bonds is 1. The zero-order chi connectivity index (χ0) is 25.8. The summed E-state index contributed by atoms with van der Waals surface area (Å²) in [7, 11) is 0. The predicted octanol–water partition coefficient (Wildman–Crippen LogP) is 4.67. The second kappa shape index (κ2) is 4.38. The number of anilines is 1. The molecule has 0 bridgehead atoms. The lowest BCUT2D eigenvalue weighted by Gasteiger charge is -2.31. The minimum absolute atomic E-state index is 0.0476. The van der Waals surface area contributed by atoms with Gasteiger partial charge in [-0.25, -0.2) is 0 Å². The fraction of sp³-hybridized carbons (Fsp3) is 0.158. The van der Waals surface area contributed by atoms with Crippen molar-refractivity contribution >= 4 is 16.5 Å². The summed E-state index contributed by atoms with van der Waals surface area (Å²) in [6.07, 6.45) is 0. The van der Waals surface area contributed by atoms with Gasteiger partial charge < -0.3 is 4.90 Å². The van der Waals surface area contributed by atoms with Crippen LogP contribution in [0.3, 0.4) is 0 Å². The Labute approximate surface area is 139 Å². The van der Waals surface area contributed by atoms with Gasteiger partial charge in [0.25, 0.3) is 0 Å². The number of benzene rings is 3. The summed E-state index contributed by atoms with van der Waals surface area (Å²) in [6, 6.07) is -7.28. The van der Waals surface area contributed by atoms with E-state index in [1.165, 1.54) is 6.92 Å². The second-order valence-corrected chi connectivity index (χ2v) is 4.28. The summed E-state index contributed by atoms with van der Waals surface area (Å²) in [5.41, 5.74) is -1.92. The van der Waals surface area contributed by atoms with Gasteiger partial charge in [-0.05, 0) is 46.5 Å². The van der Waals surface area contributed by atoms with Crippen molar-refractivity contribution in [3.05, 3.63) is 77.1 Å². The Kier molecular flexibility index (Phi) is 0.900. The first-order valence-electron chi connectivity index (χ1n) is 12.9. The molecule has 4 rings (SSSR count). The fourth-order valence-corrected chi connectivity index (χ4v) is 2.11. The molecule has 98 valence electrons. The number of hydrogen-bond acceptors (Lipinski definition) is 1. The number of hydrogen-bond donors (Lipinski definition) is 0. The molecule has 0 saturated heterocycles. The van der Waals surface area contributed by atoms with Crippen LogP contribution in [0.25, 0.3) is 10.8 Å². The number of para-hydroxylation sites is 1. The molecule has 0 N–H and O–H groups in total. The summed E-state index contributed by atoms with van der Waals surface area (Å²) in [5.74, 6) is 0. The Morgan fingerprint density at radius 3 is 2.45 bits per heavy atom. The third kappa shape index (κ3) is 1.70. The summed E-state index contributed by atoms with van der Waals surface area (Å²) in [5, 5.41) is -0.427. The van der Waals surface area contributed by atoms with E-state index in [0.29, 0.717) is 0 Å². The van der Waals surface area contributed by atoms with Crippen LogP contribution in [0.15, 0.2) is 60.4 Å². The molecular formula is C19H17N. The van der Waals surface area contributed by atoms with Crippen molar-refractivity contribution in [3.8, 4) is 0 Å². The highest BCUT2D eigenvalue weighted by Crippen LogP contribution is 2.33. The van der Waals surface area contributed by atoms with E-state index < -0.39 is 90.2 Å². The lowest BCUT2D eigenvalue weighted by atomic mass is 9.92. The van der Waals surface area contributed by atoms with Gasteiger partial charge in [0, 0.05) is 18.7 Å². The maximum atomic E-state index is 8.83.